The molecule has 1 fully saturated rings. The number of fused-ring (bicyclic) bond motifs is 1. The molecular weight excluding hydrogens is 340 g/mol. The molecule has 1 aliphatic carbocycles. The van der Waals surface area contributed by atoms with E-state index in [9.17, 15) is 4.79 Å². The molecule has 0 radical (unpaired) electrons. The van der Waals surface area contributed by atoms with Crippen molar-refractivity contribution in [2.75, 3.05) is 43.1 Å². The Morgan fingerprint density at radius 1 is 1.00 bits per heavy atom. The molecule has 2 aliphatic rings. The normalized spacial score (nSPS) is 16.5. The maximum absolute atomic E-state index is 12.2. The Morgan fingerprint density at radius 2 is 1.74 bits per heavy atom. The van der Waals surface area contributed by atoms with E-state index in [1.165, 1.54) is 24.0 Å². The molecule has 0 aromatic heterocycles. The highest BCUT2D eigenvalue weighted by Gasteiger charge is 2.12. The van der Waals surface area contributed by atoms with Gasteiger partial charge in [-0.15, -0.1) is 0 Å². The van der Waals surface area contributed by atoms with Gasteiger partial charge in [0, 0.05) is 24.5 Å². The van der Waals surface area contributed by atoms with E-state index < -0.39 is 0 Å². The van der Waals surface area contributed by atoms with Crippen LogP contribution in [0.2, 0.25) is 0 Å². The highest BCUT2D eigenvalue weighted by Crippen LogP contribution is 2.25. The number of carbonyl (C=O) groups is 1. The third-order valence-electron chi connectivity index (χ3n) is 5.22. The van der Waals surface area contributed by atoms with E-state index in [4.69, 9.17) is 9.47 Å². The maximum atomic E-state index is 12.2. The summed E-state index contributed by atoms with van der Waals surface area (Å²) in [5.74, 6) is 0.625. The van der Waals surface area contributed by atoms with Gasteiger partial charge in [-0.2, -0.15) is 0 Å². The Hall–Kier alpha value is -2.53. The fourth-order valence-electron chi connectivity index (χ4n) is 3.72. The van der Waals surface area contributed by atoms with Crippen LogP contribution in [-0.2, 0) is 22.4 Å². The van der Waals surface area contributed by atoms with Gasteiger partial charge in [0.15, 0.2) is 6.61 Å². The molecule has 1 N–H and O–H groups in total. The number of carbonyl (C=O) groups excluding carboxylic acids is 1. The van der Waals surface area contributed by atoms with Crippen LogP contribution in [0.5, 0.6) is 5.75 Å². The van der Waals surface area contributed by atoms with Gasteiger partial charge in [-0.05, 0) is 73.2 Å². The van der Waals surface area contributed by atoms with Gasteiger partial charge in [0.25, 0.3) is 5.91 Å². The zero-order valence-electron chi connectivity index (χ0n) is 15.6. The van der Waals surface area contributed by atoms with E-state index in [-0.39, 0.29) is 12.5 Å². The van der Waals surface area contributed by atoms with Crippen molar-refractivity contribution in [1.82, 2.24) is 0 Å². The molecule has 142 valence electrons. The van der Waals surface area contributed by atoms with Gasteiger partial charge in [0.1, 0.15) is 5.75 Å². The predicted octanol–water partition coefficient (Wildman–Crippen LogP) is 3.42. The minimum Gasteiger partial charge on any atom is -0.484 e. The first kappa shape index (κ1) is 17.9. The van der Waals surface area contributed by atoms with E-state index in [0.29, 0.717) is 0 Å². The van der Waals surface area contributed by atoms with Crippen LogP contribution < -0.4 is 15.0 Å². The van der Waals surface area contributed by atoms with Crippen LogP contribution in [0.4, 0.5) is 11.4 Å². The summed E-state index contributed by atoms with van der Waals surface area (Å²) in [6.45, 7) is 3.35. The highest BCUT2D eigenvalue weighted by molar-refractivity contribution is 5.92. The van der Waals surface area contributed by atoms with Gasteiger partial charge < -0.3 is 19.7 Å². The van der Waals surface area contributed by atoms with E-state index >= 15 is 0 Å². The lowest BCUT2D eigenvalue weighted by atomic mass is 9.92. The molecule has 0 saturated carbocycles. The van der Waals surface area contributed by atoms with Crippen LogP contribution in [0, 0.1) is 0 Å². The molecule has 4 rings (SSSR count). The van der Waals surface area contributed by atoms with Crippen molar-refractivity contribution < 1.29 is 14.3 Å². The number of ether oxygens (including phenoxy) is 2. The van der Waals surface area contributed by atoms with Crippen LogP contribution in [0.25, 0.3) is 0 Å². The minimum absolute atomic E-state index is 0.0179. The molecule has 1 amide bonds. The van der Waals surface area contributed by atoms with Crippen molar-refractivity contribution in [3.05, 3.63) is 53.6 Å². The van der Waals surface area contributed by atoms with Crippen LogP contribution in [0.3, 0.4) is 0 Å². The second-order valence-corrected chi connectivity index (χ2v) is 7.12. The zero-order chi connectivity index (χ0) is 18.5. The summed E-state index contributed by atoms with van der Waals surface area (Å²) in [4.78, 5) is 14.5. The molecule has 1 saturated heterocycles. The number of hydrogen-bond acceptors (Lipinski definition) is 4. The number of aryl methyl sites for hydroxylation is 2. The molecule has 0 spiro atoms. The van der Waals surface area contributed by atoms with Crippen LogP contribution in [0.1, 0.15) is 24.0 Å². The Labute approximate surface area is 160 Å². The summed E-state index contributed by atoms with van der Waals surface area (Å²) >= 11 is 0. The smallest absolute Gasteiger partial charge is 0.262 e. The number of anilines is 2. The second kappa shape index (κ2) is 8.44. The summed E-state index contributed by atoms with van der Waals surface area (Å²) in [6, 6.07) is 14.1. The van der Waals surface area contributed by atoms with Crippen molar-refractivity contribution in [1.29, 1.82) is 0 Å². The summed E-state index contributed by atoms with van der Waals surface area (Å²) < 4.78 is 11.1. The lowest BCUT2D eigenvalue weighted by molar-refractivity contribution is -0.118. The molecule has 0 unspecified atom stereocenters. The molecule has 2 aromatic rings. The first-order valence-corrected chi connectivity index (χ1v) is 9.75. The average Bonchev–Trinajstić information content (AvgIpc) is 2.73. The Bertz CT molecular complexity index is 783. The summed E-state index contributed by atoms with van der Waals surface area (Å²) in [7, 11) is 0. The fourth-order valence-corrected chi connectivity index (χ4v) is 3.72. The van der Waals surface area contributed by atoms with Crippen LogP contribution in [0.15, 0.2) is 42.5 Å². The van der Waals surface area contributed by atoms with Crippen LogP contribution >= 0.6 is 0 Å². The lowest BCUT2D eigenvalue weighted by Gasteiger charge is -2.28. The highest BCUT2D eigenvalue weighted by atomic mass is 16.5. The van der Waals surface area contributed by atoms with Gasteiger partial charge >= 0.3 is 0 Å². The van der Waals surface area contributed by atoms with Crippen molar-refractivity contribution >= 4 is 17.3 Å². The first-order valence-electron chi connectivity index (χ1n) is 9.75. The van der Waals surface area contributed by atoms with Crippen molar-refractivity contribution in [3.63, 3.8) is 0 Å². The molecule has 2 aromatic carbocycles. The second-order valence-electron chi connectivity index (χ2n) is 7.12. The molecule has 1 aliphatic heterocycles. The van der Waals surface area contributed by atoms with Crippen LogP contribution in [-0.4, -0.2) is 38.8 Å². The largest absolute Gasteiger partial charge is 0.484 e. The molecule has 5 nitrogen and oxygen atoms in total. The van der Waals surface area contributed by atoms with Crippen molar-refractivity contribution in [3.8, 4) is 5.75 Å². The lowest BCUT2D eigenvalue weighted by Crippen LogP contribution is -2.36. The zero-order valence-corrected chi connectivity index (χ0v) is 15.6. The van der Waals surface area contributed by atoms with E-state index in [1.54, 1.807) is 0 Å². The summed E-state index contributed by atoms with van der Waals surface area (Å²) in [5.41, 5.74) is 4.71. The SMILES string of the molecule is O=C(COc1ccc2c(c1)CCCC2)Nc1ccc(N2CCOCC2)cc1. The number of benzene rings is 2. The molecule has 0 atom stereocenters. The summed E-state index contributed by atoms with van der Waals surface area (Å²) in [6.07, 6.45) is 4.75. The van der Waals surface area contributed by atoms with Crippen molar-refractivity contribution in [2.45, 2.75) is 25.7 Å². The molecular formula is C22H26N2O3. The average molecular weight is 366 g/mol. The van der Waals surface area contributed by atoms with E-state index in [1.807, 2.05) is 30.3 Å². The molecule has 0 bridgehead atoms. The number of rotatable bonds is 5. The number of nitrogens with one attached hydrogen (secondary N) is 1. The number of hydrogen-bond donors (Lipinski definition) is 1. The van der Waals surface area contributed by atoms with E-state index in [2.05, 4.69) is 22.3 Å². The third kappa shape index (κ3) is 4.61. The fraction of sp³-hybridized carbons (Fsp3) is 0.409. The standard InChI is InChI=1S/C22H26N2O3/c25-22(16-27-21-10-5-17-3-1-2-4-18(17)15-21)23-19-6-8-20(9-7-19)24-11-13-26-14-12-24/h5-10,15H,1-4,11-14,16H2,(H,23,25). The third-order valence-corrected chi connectivity index (χ3v) is 5.22. The molecule has 27 heavy (non-hydrogen) atoms. The topological polar surface area (TPSA) is 50.8 Å². The predicted molar refractivity (Wildman–Crippen MR) is 107 cm³/mol. The Kier molecular flexibility index (Phi) is 5.58. The number of nitrogens with zero attached hydrogens (tertiary/aromatic N) is 1. The molecule has 5 heteroatoms. The van der Waals surface area contributed by atoms with E-state index in [0.717, 1.165) is 56.3 Å². The summed E-state index contributed by atoms with van der Waals surface area (Å²) in [5, 5.41) is 2.90. The van der Waals surface area contributed by atoms with Gasteiger partial charge in [-0.25, -0.2) is 0 Å². The van der Waals surface area contributed by atoms with Gasteiger partial charge in [-0.1, -0.05) is 6.07 Å². The first-order chi connectivity index (χ1) is 13.3. The maximum Gasteiger partial charge on any atom is 0.262 e. The monoisotopic (exact) mass is 366 g/mol. The van der Waals surface area contributed by atoms with Gasteiger partial charge in [-0.3, -0.25) is 4.79 Å². The quantitative estimate of drug-likeness (QED) is 0.881. The minimum atomic E-state index is -0.146. The van der Waals surface area contributed by atoms with Gasteiger partial charge in [0.05, 0.1) is 13.2 Å². The Balaban J connectivity index is 1.29. The van der Waals surface area contributed by atoms with Crippen molar-refractivity contribution in [2.24, 2.45) is 0 Å². The van der Waals surface area contributed by atoms with Gasteiger partial charge in [0.2, 0.25) is 0 Å². The molecule has 1 heterocycles. The Morgan fingerprint density at radius 3 is 2.52 bits per heavy atom. The number of morpholine rings is 1. The number of amides is 1.